The van der Waals surface area contributed by atoms with Crippen LogP contribution in [-0.2, 0) is 0 Å². The summed E-state index contributed by atoms with van der Waals surface area (Å²) in [6, 6.07) is 2.88. The zero-order valence-corrected chi connectivity index (χ0v) is 9.17. The van der Waals surface area contributed by atoms with Crippen LogP contribution in [0.2, 0.25) is 0 Å². The van der Waals surface area contributed by atoms with Crippen LogP contribution in [0.3, 0.4) is 0 Å². The van der Waals surface area contributed by atoms with Crippen molar-refractivity contribution in [2.24, 2.45) is 0 Å². The molecule has 1 aromatic carbocycles. The van der Waals surface area contributed by atoms with E-state index in [1.54, 1.807) is 33.2 Å². The molecule has 0 fully saturated rings. The van der Waals surface area contributed by atoms with Crippen LogP contribution in [0.15, 0.2) is 18.7 Å². The van der Waals surface area contributed by atoms with Crippen LogP contribution in [0.4, 0.5) is 4.39 Å². The van der Waals surface area contributed by atoms with Crippen LogP contribution in [0, 0.1) is 12.7 Å². The van der Waals surface area contributed by atoms with Gasteiger partial charge in [0.25, 0.3) is 5.91 Å². The van der Waals surface area contributed by atoms with Gasteiger partial charge in [0.2, 0.25) is 0 Å². The second-order valence-electron chi connectivity index (χ2n) is 3.59. The van der Waals surface area contributed by atoms with Crippen molar-refractivity contribution in [3.8, 4) is 0 Å². The van der Waals surface area contributed by atoms with Gasteiger partial charge in [0.05, 0.1) is 0 Å². The number of amides is 1. The fourth-order valence-corrected chi connectivity index (χ4v) is 1.30. The van der Waals surface area contributed by atoms with Gasteiger partial charge < -0.3 is 4.90 Å². The summed E-state index contributed by atoms with van der Waals surface area (Å²) in [4.78, 5) is 13.1. The molecule has 1 amide bonds. The normalized spacial score (nSPS) is 9.87. The van der Waals surface area contributed by atoms with Crippen LogP contribution in [0.5, 0.6) is 0 Å². The number of benzene rings is 1. The number of carbonyl (C=O) groups excluding carboxylic acids is 1. The van der Waals surface area contributed by atoms with Crippen molar-refractivity contribution in [3.63, 3.8) is 0 Å². The van der Waals surface area contributed by atoms with Crippen LogP contribution in [-0.4, -0.2) is 24.9 Å². The third kappa shape index (κ3) is 2.24. The van der Waals surface area contributed by atoms with Gasteiger partial charge in [-0.3, -0.25) is 4.79 Å². The number of rotatable bonds is 2. The highest BCUT2D eigenvalue weighted by Gasteiger charge is 2.14. The molecule has 15 heavy (non-hydrogen) atoms. The molecule has 0 atom stereocenters. The third-order valence-corrected chi connectivity index (χ3v) is 2.19. The lowest BCUT2D eigenvalue weighted by atomic mass is 10.0. The predicted octanol–water partition coefficient (Wildman–Crippen LogP) is 2.48. The fraction of sp³-hybridized carbons (Fsp3) is 0.250. The molecule has 0 N–H and O–H groups in total. The molecule has 0 radical (unpaired) electrons. The average molecular weight is 207 g/mol. The van der Waals surface area contributed by atoms with Crippen molar-refractivity contribution in [1.29, 1.82) is 0 Å². The molecule has 0 bridgehead atoms. The average Bonchev–Trinajstić information content (AvgIpc) is 2.20. The van der Waals surface area contributed by atoms with Gasteiger partial charge in [-0.15, -0.1) is 0 Å². The summed E-state index contributed by atoms with van der Waals surface area (Å²) in [6.07, 6.45) is 1.56. The molecular weight excluding hydrogens is 193 g/mol. The summed E-state index contributed by atoms with van der Waals surface area (Å²) in [5.74, 6) is -0.588. The Labute approximate surface area is 89.0 Å². The van der Waals surface area contributed by atoms with Crippen LogP contribution >= 0.6 is 0 Å². The van der Waals surface area contributed by atoms with E-state index in [0.29, 0.717) is 16.7 Å². The van der Waals surface area contributed by atoms with E-state index in [4.69, 9.17) is 0 Å². The monoisotopic (exact) mass is 207 g/mol. The lowest BCUT2D eigenvalue weighted by molar-refractivity contribution is 0.0827. The topological polar surface area (TPSA) is 20.3 Å². The molecule has 2 nitrogen and oxygen atoms in total. The number of hydrogen-bond donors (Lipinski definition) is 0. The smallest absolute Gasteiger partial charge is 0.254 e. The van der Waals surface area contributed by atoms with Crippen molar-refractivity contribution >= 4 is 12.0 Å². The highest BCUT2D eigenvalue weighted by molar-refractivity contribution is 5.97. The minimum Gasteiger partial charge on any atom is -0.345 e. The Kier molecular flexibility index (Phi) is 3.24. The Bertz CT molecular complexity index is 410. The van der Waals surface area contributed by atoms with Crippen molar-refractivity contribution in [3.05, 3.63) is 41.2 Å². The molecule has 0 spiro atoms. The minimum absolute atomic E-state index is 0.219. The molecular formula is C12H14FNO. The number of nitrogens with zero attached hydrogens (tertiary/aromatic N) is 1. The highest BCUT2D eigenvalue weighted by atomic mass is 19.1. The van der Waals surface area contributed by atoms with Crippen LogP contribution in [0.1, 0.15) is 21.5 Å². The summed E-state index contributed by atoms with van der Waals surface area (Å²) in [7, 11) is 3.26. The Balaban J connectivity index is 3.34. The first-order valence-corrected chi connectivity index (χ1v) is 4.61. The fourth-order valence-electron chi connectivity index (χ4n) is 1.30. The summed E-state index contributed by atoms with van der Waals surface area (Å²) in [6.45, 7) is 5.27. The van der Waals surface area contributed by atoms with Gasteiger partial charge >= 0.3 is 0 Å². The summed E-state index contributed by atoms with van der Waals surface area (Å²) in [5, 5.41) is 0. The van der Waals surface area contributed by atoms with E-state index in [1.165, 1.54) is 11.0 Å². The number of aryl methyl sites for hydroxylation is 1. The van der Waals surface area contributed by atoms with E-state index < -0.39 is 0 Å². The lowest BCUT2D eigenvalue weighted by Gasteiger charge is -2.13. The molecule has 1 aromatic rings. The molecule has 0 heterocycles. The van der Waals surface area contributed by atoms with Crippen molar-refractivity contribution in [1.82, 2.24) is 4.90 Å². The van der Waals surface area contributed by atoms with Gasteiger partial charge in [-0.05, 0) is 30.2 Å². The summed E-state index contributed by atoms with van der Waals surface area (Å²) in [5.41, 5.74) is 1.52. The van der Waals surface area contributed by atoms with Gasteiger partial charge in [-0.1, -0.05) is 12.7 Å². The van der Waals surface area contributed by atoms with Crippen molar-refractivity contribution in [2.75, 3.05) is 14.1 Å². The van der Waals surface area contributed by atoms with Gasteiger partial charge in [0, 0.05) is 19.7 Å². The third-order valence-electron chi connectivity index (χ3n) is 2.19. The maximum atomic E-state index is 13.3. The number of hydrogen-bond acceptors (Lipinski definition) is 1. The molecule has 1 rings (SSSR count). The standard InChI is InChI=1S/C12H14FNO/c1-5-9-6-8(2)11(13)7-10(9)12(15)14(3)4/h5-7H,1H2,2-4H3. The number of halogens is 1. The Morgan fingerprint density at radius 2 is 2.07 bits per heavy atom. The Morgan fingerprint density at radius 3 is 2.53 bits per heavy atom. The quantitative estimate of drug-likeness (QED) is 0.729. The molecule has 0 saturated heterocycles. The van der Waals surface area contributed by atoms with E-state index in [-0.39, 0.29) is 11.7 Å². The van der Waals surface area contributed by atoms with E-state index >= 15 is 0 Å². The second kappa shape index (κ2) is 4.26. The first-order chi connectivity index (χ1) is 6.97. The predicted molar refractivity (Wildman–Crippen MR) is 59.2 cm³/mol. The zero-order valence-electron chi connectivity index (χ0n) is 9.17. The Morgan fingerprint density at radius 1 is 1.47 bits per heavy atom. The van der Waals surface area contributed by atoms with E-state index in [9.17, 15) is 9.18 Å². The van der Waals surface area contributed by atoms with Gasteiger partial charge in [-0.25, -0.2) is 4.39 Å². The first kappa shape index (κ1) is 11.4. The van der Waals surface area contributed by atoms with E-state index in [1.807, 2.05) is 0 Å². The maximum Gasteiger partial charge on any atom is 0.254 e. The molecule has 0 unspecified atom stereocenters. The SMILES string of the molecule is C=Cc1cc(C)c(F)cc1C(=O)N(C)C. The van der Waals surface area contributed by atoms with Crippen LogP contribution in [0.25, 0.3) is 6.08 Å². The zero-order chi connectivity index (χ0) is 11.6. The van der Waals surface area contributed by atoms with Gasteiger partial charge in [0.1, 0.15) is 5.82 Å². The van der Waals surface area contributed by atoms with E-state index in [0.717, 1.165) is 0 Å². The van der Waals surface area contributed by atoms with Crippen molar-refractivity contribution < 1.29 is 9.18 Å². The number of carbonyl (C=O) groups is 1. The molecule has 0 aliphatic heterocycles. The molecule has 0 aromatic heterocycles. The molecule has 0 aliphatic carbocycles. The largest absolute Gasteiger partial charge is 0.345 e. The van der Waals surface area contributed by atoms with Gasteiger partial charge in [-0.2, -0.15) is 0 Å². The first-order valence-electron chi connectivity index (χ1n) is 4.61. The molecule has 0 saturated carbocycles. The van der Waals surface area contributed by atoms with E-state index in [2.05, 4.69) is 6.58 Å². The second-order valence-corrected chi connectivity index (χ2v) is 3.59. The van der Waals surface area contributed by atoms with Gasteiger partial charge in [0.15, 0.2) is 0 Å². The Hall–Kier alpha value is -1.64. The summed E-state index contributed by atoms with van der Waals surface area (Å²) >= 11 is 0. The minimum atomic E-state index is -0.370. The summed E-state index contributed by atoms with van der Waals surface area (Å²) < 4.78 is 13.3. The molecule has 80 valence electrons. The van der Waals surface area contributed by atoms with Crippen molar-refractivity contribution in [2.45, 2.75) is 6.92 Å². The highest BCUT2D eigenvalue weighted by Crippen LogP contribution is 2.17. The molecule has 0 aliphatic rings. The maximum absolute atomic E-state index is 13.3. The van der Waals surface area contributed by atoms with Crippen LogP contribution < -0.4 is 0 Å². The lowest BCUT2D eigenvalue weighted by Crippen LogP contribution is -2.22. The molecule has 3 heteroatoms.